The van der Waals surface area contributed by atoms with Crippen molar-refractivity contribution in [1.29, 1.82) is 0 Å². The predicted octanol–water partition coefficient (Wildman–Crippen LogP) is 4.95. The number of alkyl halides is 3. The van der Waals surface area contributed by atoms with E-state index in [1.54, 1.807) is 10.7 Å². The molecule has 0 saturated heterocycles. The van der Waals surface area contributed by atoms with Crippen LogP contribution in [0, 0.1) is 23.6 Å². The molecule has 2 saturated carbocycles. The van der Waals surface area contributed by atoms with Crippen LogP contribution >= 0.6 is 0 Å². The Balaban J connectivity index is 1.50. The van der Waals surface area contributed by atoms with Crippen molar-refractivity contribution in [2.75, 3.05) is 5.32 Å². The van der Waals surface area contributed by atoms with Crippen LogP contribution in [0.5, 0.6) is 0 Å². The molecule has 2 fully saturated rings. The summed E-state index contributed by atoms with van der Waals surface area (Å²) < 4.78 is 55.1. The number of amides is 3. The molecule has 12 heteroatoms. The van der Waals surface area contributed by atoms with Gasteiger partial charge in [-0.2, -0.15) is 18.3 Å². The second-order valence-electron chi connectivity index (χ2n) is 11.2. The number of hydrogen-bond donors (Lipinski definition) is 3. The van der Waals surface area contributed by atoms with Crippen molar-refractivity contribution in [2.45, 2.75) is 83.6 Å². The molecule has 2 aliphatic rings. The lowest BCUT2D eigenvalue weighted by atomic mass is 9.88. The lowest BCUT2D eigenvalue weighted by Gasteiger charge is -2.28. The number of aromatic nitrogens is 2. The summed E-state index contributed by atoms with van der Waals surface area (Å²) in [5.74, 6) is -3.29. The second-order valence-corrected chi connectivity index (χ2v) is 11.2. The SMILES string of the molecule is CC(C)n1nccc1C(=O)N[C@H](C(=O)Nc1ccc([C@H](C)C(=O)N[C@H](C)C(F)(F)F)cc1F)C(C1CC1)C1CC1. The lowest BCUT2D eigenvalue weighted by Crippen LogP contribution is -2.50. The molecule has 0 bridgehead atoms. The van der Waals surface area contributed by atoms with Gasteiger partial charge < -0.3 is 16.0 Å². The van der Waals surface area contributed by atoms with Crippen LogP contribution in [0.25, 0.3) is 0 Å². The van der Waals surface area contributed by atoms with Crippen LogP contribution in [0.3, 0.4) is 0 Å². The van der Waals surface area contributed by atoms with Gasteiger partial charge in [0.15, 0.2) is 0 Å². The predicted molar refractivity (Wildman–Crippen MR) is 140 cm³/mol. The van der Waals surface area contributed by atoms with E-state index < -0.39 is 47.7 Å². The Bertz CT molecular complexity index is 1240. The van der Waals surface area contributed by atoms with E-state index in [0.717, 1.165) is 38.7 Å². The summed E-state index contributed by atoms with van der Waals surface area (Å²) >= 11 is 0. The first-order valence-corrected chi connectivity index (χ1v) is 13.6. The van der Waals surface area contributed by atoms with Crippen molar-refractivity contribution in [3.8, 4) is 0 Å². The first-order valence-electron chi connectivity index (χ1n) is 13.6. The highest BCUT2D eigenvalue weighted by Gasteiger charge is 2.48. The molecule has 40 heavy (non-hydrogen) atoms. The van der Waals surface area contributed by atoms with Gasteiger partial charge >= 0.3 is 6.18 Å². The molecule has 218 valence electrons. The third-order valence-corrected chi connectivity index (χ3v) is 7.67. The number of halogens is 4. The van der Waals surface area contributed by atoms with E-state index >= 15 is 4.39 Å². The topological polar surface area (TPSA) is 105 Å². The molecule has 0 radical (unpaired) electrons. The van der Waals surface area contributed by atoms with Crippen LogP contribution in [-0.4, -0.2) is 45.8 Å². The van der Waals surface area contributed by atoms with E-state index in [1.807, 2.05) is 19.2 Å². The summed E-state index contributed by atoms with van der Waals surface area (Å²) in [6.45, 7) is 5.97. The van der Waals surface area contributed by atoms with Gasteiger partial charge in [-0.05, 0) is 94.9 Å². The summed E-state index contributed by atoms with van der Waals surface area (Å²) in [5.41, 5.74) is 0.325. The zero-order valence-electron chi connectivity index (χ0n) is 22.9. The highest BCUT2D eigenvalue weighted by molar-refractivity contribution is 6.01. The van der Waals surface area contributed by atoms with Crippen LogP contribution in [-0.2, 0) is 9.59 Å². The number of benzene rings is 1. The normalized spacial score (nSPS) is 17.9. The van der Waals surface area contributed by atoms with Gasteiger partial charge in [-0.3, -0.25) is 19.1 Å². The molecule has 3 atom stereocenters. The Kier molecular flexibility index (Phi) is 8.55. The minimum absolute atomic E-state index is 0.0700. The summed E-state index contributed by atoms with van der Waals surface area (Å²) in [5, 5.41) is 11.6. The Morgan fingerprint density at radius 2 is 1.57 bits per heavy atom. The average molecular weight is 566 g/mol. The maximum Gasteiger partial charge on any atom is 0.408 e. The van der Waals surface area contributed by atoms with E-state index in [-0.39, 0.29) is 23.2 Å². The molecule has 8 nitrogen and oxygen atoms in total. The molecule has 2 aliphatic carbocycles. The van der Waals surface area contributed by atoms with Gasteiger partial charge in [-0.15, -0.1) is 0 Å². The number of rotatable bonds is 11. The molecule has 3 amide bonds. The molecular formula is C28H35F4N5O3. The van der Waals surface area contributed by atoms with Gasteiger partial charge in [0.05, 0.1) is 11.6 Å². The van der Waals surface area contributed by atoms with E-state index in [9.17, 15) is 27.6 Å². The van der Waals surface area contributed by atoms with Crippen LogP contribution in [0.15, 0.2) is 30.5 Å². The van der Waals surface area contributed by atoms with E-state index in [2.05, 4.69) is 15.7 Å². The molecule has 1 aromatic carbocycles. The van der Waals surface area contributed by atoms with Crippen molar-refractivity contribution in [2.24, 2.45) is 17.8 Å². The fraction of sp³-hybridized carbons (Fsp3) is 0.571. The maximum atomic E-state index is 15.1. The number of hydrogen-bond acceptors (Lipinski definition) is 4. The third-order valence-electron chi connectivity index (χ3n) is 7.67. The van der Waals surface area contributed by atoms with Gasteiger partial charge in [-0.1, -0.05) is 6.07 Å². The highest BCUT2D eigenvalue weighted by Crippen LogP contribution is 2.51. The smallest absolute Gasteiger partial charge is 0.344 e. The molecule has 1 heterocycles. The fourth-order valence-corrected chi connectivity index (χ4v) is 5.03. The molecule has 2 aromatic rings. The monoisotopic (exact) mass is 565 g/mol. The number of anilines is 1. The zero-order chi connectivity index (χ0) is 29.4. The minimum Gasteiger partial charge on any atom is -0.344 e. The van der Waals surface area contributed by atoms with Crippen molar-refractivity contribution < 1.29 is 31.9 Å². The molecule has 3 N–H and O–H groups in total. The molecule has 4 rings (SSSR count). The fourth-order valence-electron chi connectivity index (χ4n) is 5.03. The standard InChI is InChI=1S/C28H35F4N5O3/c1-14(2)37-22(11-12-33-37)26(39)36-24(23(17-5-6-17)18-7-8-18)27(40)35-21-10-9-19(13-20(21)29)15(3)25(38)34-16(4)28(30,31)32/h9-18,23-24H,5-8H2,1-4H3,(H,34,38)(H,35,40)(H,36,39)/t15-,16+,24-/m0/s1. The van der Waals surface area contributed by atoms with E-state index in [4.69, 9.17) is 0 Å². The number of nitrogens with one attached hydrogen (secondary N) is 3. The van der Waals surface area contributed by atoms with Gasteiger partial charge in [0.25, 0.3) is 5.91 Å². The summed E-state index contributed by atoms with van der Waals surface area (Å²) in [6.07, 6.45) is 0.752. The van der Waals surface area contributed by atoms with Gasteiger partial charge in [0, 0.05) is 12.2 Å². The van der Waals surface area contributed by atoms with Gasteiger partial charge in [-0.25, -0.2) is 4.39 Å². The molecule has 0 unspecified atom stereocenters. The Morgan fingerprint density at radius 3 is 2.10 bits per heavy atom. The Morgan fingerprint density at radius 1 is 0.950 bits per heavy atom. The molecule has 0 aliphatic heterocycles. The van der Waals surface area contributed by atoms with Crippen molar-refractivity contribution in [3.05, 3.63) is 47.5 Å². The largest absolute Gasteiger partial charge is 0.408 e. The first-order chi connectivity index (χ1) is 18.8. The molecule has 1 aromatic heterocycles. The van der Waals surface area contributed by atoms with Crippen molar-refractivity contribution in [3.63, 3.8) is 0 Å². The van der Waals surface area contributed by atoms with E-state index in [1.165, 1.54) is 25.3 Å². The van der Waals surface area contributed by atoms with Crippen molar-refractivity contribution >= 4 is 23.4 Å². The third kappa shape index (κ3) is 6.82. The van der Waals surface area contributed by atoms with Crippen LogP contribution in [0.2, 0.25) is 0 Å². The van der Waals surface area contributed by atoms with E-state index in [0.29, 0.717) is 17.5 Å². The van der Waals surface area contributed by atoms with Crippen LogP contribution in [0.4, 0.5) is 23.2 Å². The van der Waals surface area contributed by atoms with Crippen molar-refractivity contribution in [1.82, 2.24) is 20.4 Å². The maximum absolute atomic E-state index is 15.1. The second kappa shape index (κ2) is 11.6. The average Bonchev–Trinajstić information content (AvgIpc) is 3.82. The quantitative estimate of drug-likeness (QED) is 0.336. The summed E-state index contributed by atoms with van der Waals surface area (Å²) in [7, 11) is 0. The molecular weight excluding hydrogens is 530 g/mol. The minimum atomic E-state index is -4.60. The number of nitrogens with zero attached hydrogens (tertiary/aromatic N) is 2. The highest BCUT2D eigenvalue weighted by atomic mass is 19.4. The van der Waals surface area contributed by atoms with Crippen LogP contribution in [0.1, 0.15) is 81.4 Å². The van der Waals surface area contributed by atoms with Gasteiger partial charge in [0.2, 0.25) is 11.8 Å². The number of carbonyl (C=O) groups excluding carboxylic acids is 3. The Labute approximate surface area is 230 Å². The summed E-state index contributed by atoms with van der Waals surface area (Å²) in [6, 6.07) is 2.24. The van der Waals surface area contributed by atoms with Crippen LogP contribution < -0.4 is 16.0 Å². The van der Waals surface area contributed by atoms with Gasteiger partial charge in [0.1, 0.15) is 23.6 Å². The lowest BCUT2D eigenvalue weighted by molar-refractivity contribution is -0.158. The summed E-state index contributed by atoms with van der Waals surface area (Å²) in [4.78, 5) is 39.1. The number of carbonyl (C=O) groups is 3. The first kappa shape index (κ1) is 29.5. The molecule has 0 spiro atoms. The zero-order valence-corrected chi connectivity index (χ0v) is 22.9. The Hall–Kier alpha value is -3.44.